The van der Waals surface area contributed by atoms with Crippen molar-refractivity contribution in [2.24, 2.45) is 0 Å². The number of hydrogen-bond acceptors (Lipinski definition) is 2. The molecule has 0 unspecified atom stereocenters. The van der Waals surface area contributed by atoms with Crippen LogP contribution in [0.4, 0.5) is 13.2 Å². The molecule has 0 radical (unpaired) electrons. The largest absolute Gasteiger partial charge is 0.516 e. The van der Waals surface area contributed by atoms with E-state index in [4.69, 9.17) is 0 Å². The number of allylic oxidation sites excluding steroid dienone is 1. The van der Waals surface area contributed by atoms with Crippen LogP contribution >= 0.6 is 0 Å². The van der Waals surface area contributed by atoms with Crippen LogP contribution in [0.15, 0.2) is 12.3 Å². The first-order valence-corrected chi connectivity index (χ1v) is 4.53. The van der Waals surface area contributed by atoms with Gasteiger partial charge in [0.2, 0.25) is 0 Å². The first-order valence-electron chi connectivity index (χ1n) is 3.05. The molecule has 0 aromatic heterocycles. The van der Waals surface area contributed by atoms with Crippen molar-refractivity contribution in [1.82, 2.24) is 4.72 Å². The molecule has 12 heavy (non-hydrogen) atoms. The lowest BCUT2D eigenvalue weighted by molar-refractivity contribution is -0.0443. The highest BCUT2D eigenvalue weighted by Gasteiger charge is 2.45. The molecular formula is C5H8F3NO2S. The van der Waals surface area contributed by atoms with E-state index >= 15 is 0 Å². The number of rotatable bonds is 3. The molecule has 0 bridgehead atoms. The molecule has 0 aliphatic carbocycles. The van der Waals surface area contributed by atoms with E-state index in [2.05, 4.69) is 0 Å². The molecule has 0 saturated heterocycles. The second-order valence-electron chi connectivity index (χ2n) is 1.88. The normalized spacial score (nSPS) is 13.7. The molecule has 0 aromatic carbocycles. The fourth-order valence-electron chi connectivity index (χ4n) is 0.322. The maximum Gasteiger partial charge on any atom is 0.516 e. The van der Waals surface area contributed by atoms with Crippen LogP contribution in [0.1, 0.15) is 13.3 Å². The van der Waals surface area contributed by atoms with Crippen molar-refractivity contribution in [3.8, 4) is 0 Å². The average molecular weight is 203 g/mol. The van der Waals surface area contributed by atoms with Crippen LogP contribution in [-0.4, -0.2) is 13.9 Å². The molecule has 1 N–H and O–H groups in total. The quantitative estimate of drug-likeness (QED) is 0.752. The number of nitrogens with one attached hydrogen (secondary N) is 1. The first kappa shape index (κ1) is 11.3. The zero-order valence-electron chi connectivity index (χ0n) is 6.22. The molecule has 0 heterocycles. The van der Waals surface area contributed by atoms with Crippen molar-refractivity contribution in [3.63, 3.8) is 0 Å². The summed E-state index contributed by atoms with van der Waals surface area (Å²) in [5.41, 5.74) is -5.24. The van der Waals surface area contributed by atoms with Crippen LogP contribution in [-0.2, 0) is 10.0 Å². The number of alkyl halides is 3. The number of hydrogen-bond donors (Lipinski definition) is 1. The van der Waals surface area contributed by atoms with Crippen LogP contribution in [0, 0.1) is 0 Å². The summed E-state index contributed by atoms with van der Waals surface area (Å²) in [7, 11) is -5.21. The van der Waals surface area contributed by atoms with Gasteiger partial charge < -0.3 is 0 Å². The number of halogens is 3. The summed E-state index contributed by atoms with van der Waals surface area (Å²) in [6.07, 6.45) is 2.48. The molecule has 7 heteroatoms. The zero-order chi connectivity index (χ0) is 9.83. The SMILES string of the molecule is CC/C=C\NS(=O)(=O)C(F)(F)F. The molecule has 0 atom stereocenters. The first-order chi connectivity index (χ1) is 5.31. The second kappa shape index (κ2) is 3.79. The van der Waals surface area contributed by atoms with Gasteiger partial charge in [0.15, 0.2) is 0 Å². The van der Waals surface area contributed by atoms with Crippen molar-refractivity contribution < 1.29 is 21.6 Å². The molecule has 0 saturated carbocycles. The fourth-order valence-corrected chi connectivity index (χ4v) is 0.731. The lowest BCUT2D eigenvalue weighted by Crippen LogP contribution is -2.33. The Labute approximate surface area is 68.3 Å². The maximum atomic E-state index is 11.6. The lowest BCUT2D eigenvalue weighted by Gasteiger charge is -2.06. The third-order valence-corrected chi connectivity index (χ3v) is 1.94. The third kappa shape index (κ3) is 3.12. The van der Waals surface area contributed by atoms with Crippen molar-refractivity contribution >= 4 is 10.0 Å². The summed E-state index contributed by atoms with van der Waals surface area (Å²) in [5, 5.41) is 0. The Morgan fingerprint density at radius 2 is 1.92 bits per heavy atom. The van der Waals surface area contributed by atoms with Crippen molar-refractivity contribution in [2.45, 2.75) is 18.9 Å². The van der Waals surface area contributed by atoms with Crippen LogP contribution in [0.5, 0.6) is 0 Å². The second-order valence-corrected chi connectivity index (χ2v) is 3.58. The van der Waals surface area contributed by atoms with Gasteiger partial charge in [0, 0.05) is 6.20 Å². The fraction of sp³-hybridized carbons (Fsp3) is 0.600. The summed E-state index contributed by atoms with van der Waals surface area (Å²) in [6.45, 7) is 1.67. The summed E-state index contributed by atoms with van der Waals surface area (Å²) >= 11 is 0. The van der Waals surface area contributed by atoms with E-state index < -0.39 is 15.5 Å². The van der Waals surface area contributed by atoms with E-state index in [1.165, 1.54) is 10.8 Å². The van der Waals surface area contributed by atoms with E-state index in [0.29, 0.717) is 6.42 Å². The van der Waals surface area contributed by atoms with Gasteiger partial charge in [-0.15, -0.1) is 0 Å². The maximum absolute atomic E-state index is 11.6. The smallest absolute Gasteiger partial charge is 0.283 e. The predicted octanol–water partition coefficient (Wildman–Crippen LogP) is 1.35. The summed E-state index contributed by atoms with van der Waals surface area (Å²) in [4.78, 5) is 0. The van der Waals surface area contributed by atoms with E-state index in [1.807, 2.05) is 0 Å². The van der Waals surface area contributed by atoms with Gasteiger partial charge >= 0.3 is 15.5 Å². The highest BCUT2D eigenvalue weighted by molar-refractivity contribution is 7.90. The van der Waals surface area contributed by atoms with Crippen LogP contribution in [0.25, 0.3) is 0 Å². The van der Waals surface area contributed by atoms with E-state index in [0.717, 1.165) is 6.20 Å². The summed E-state index contributed by atoms with van der Waals surface area (Å²) < 4.78 is 56.5. The predicted molar refractivity (Wildman–Crippen MR) is 37.5 cm³/mol. The monoisotopic (exact) mass is 203 g/mol. The minimum absolute atomic E-state index is 0.459. The Hall–Kier alpha value is -0.720. The van der Waals surface area contributed by atoms with E-state index in [9.17, 15) is 21.6 Å². The van der Waals surface area contributed by atoms with E-state index in [-0.39, 0.29) is 0 Å². The molecule has 0 aliphatic rings. The number of sulfonamides is 1. The molecular weight excluding hydrogens is 195 g/mol. The molecule has 0 spiro atoms. The van der Waals surface area contributed by atoms with E-state index in [1.54, 1.807) is 6.92 Å². The Balaban J connectivity index is 4.37. The van der Waals surface area contributed by atoms with Crippen LogP contribution in [0.2, 0.25) is 0 Å². The Morgan fingerprint density at radius 3 is 2.25 bits per heavy atom. The summed E-state index contributed by atoms with van der Waals surface area (Å²) in [5.74, 6) is 0. The molecule has 0 aromatic rings. The highest BCUT2D eigenvalue weighted by atomic mass is 32.2. The van der Waals surface area contributed by atoms with Gasteiger partial charge in [-0.25, -0.2) is 0 Å². The van der Waals surface area contributed by atoms with Crippen molar-refractivity contribution in [1.29, 1.82) is 0 Å². The van der Waals surface area contributed by atoms with Crippen LogP contribution < -0.4 is 4.72 Å². The average Bonchev–Trinajstić information content (AvgIpc) is 1.85. The lowest BCUT2D eigenvalue weighted by atomic mass is 10.5. The van der Waals surface area contributed by atoms with Gasteiger partial charge in [0.1, 0.15) is 0 Å². The van der Waals surface area contributed by atoms with Gasteiger partial charge in [-0.3, -0.25) is 4.72 Å². The van der Waals surface area contributed by atoms with Gasteiger partial charge in [0.25, 0.3) is 0 Å². The van der Waals surface area contributed by atoms with Gasteiger partial charge in [-0.05, 0) is 6.42 Å². The van der Waals surface area contributed by atoms with Gasteiger partial charge in [-0.1, -0.05) is 13.0 Å². The molecule has 0 rings (SSSR count). The van der Waals surface area contributed by atoms with Crippen molar-refractivity contribution in [3.05, 3.63) is 12.3 Å². The van der Waals surface area contributed by atoms with Crippen LogP contribution in [0.3, 0.4) is 0 Å². The van der Waals surface area contributed by atoms with Gasteiger partial charge in [-0.2, -0.15) is 21.6 Å². The highest BCUT2D eigenvalue weighted by Crippen LogP contribution is 2.21. The zero-order valence-corrected chi connectivity index (χ0v) is 7.04. The molecule has 3 nitrogen and oxygen atoms in total. The van der Waals surface area contributed by atoms with Crippen molar-refractivity contribution in [2.75, 3.05) is 0 Å². The third-order valence-electron chi connectivity index (χ3n) is 0.881. The molecule has 0 amide bonds. The molecule has 0 aliphatic heterocycles. The Morgan fingerprint density at radius 1 is 1.42 bits per heavy atom. The van der Waals surface area contributed by atoms with Gasteiger partial charge in [0.05, 0.1) is 0 Å². The molecule has 72 valence electrons. The minimum atomic E-state index is -5.24. The Kier molecular flexibility index (Phi) is 3.56. The topological polar surface area (TPSA) is 46.2 Å². The summed E-state index contributed by atoms with van der Waals surface area (Å²) in [6, 6.07) is 0. The minimum Gasteiger partial charge on any atom is -0.283 e. The standard InChI is InChI=1S/C5H8F3NO2S/c1-2-3-4-9-12(10,11)5(6,7)8/h3-4,9H,2H2,1H3/b4-3-. The molecule has 0 fully saturated rings. The Bertz CT molecular complexity index is 254.